The molecule has 3 N–H and O–H groups in total. The largest absolute Gasteiger partial charge is 0.497 e. The molecule has 0 amide bonds. The molecule has 0 radical (unpaired) electrons. The van der Waals surface area contributed by atoms with Crippen LogP contribution in [-0.4, -0.2) is 12.1 Å². The molecule has 0 spiro atoms. The Labute approximate surface area is 134 Å². The van der Waals surface area contributed by atoms with Gasteiger partial charge in [-0.15, -0.1) is 0 Å². The van der Waals surface area contributed by atoms with E-state index in [9.17, 15) is 8.78 Å². The summed E-state index contributed by atoms with van der Waals surface area (Å²) in [5.74, 6) is -1.01. The lowest BCUT2D eigenvalue weighted by molar-refractivity contribution is 0.414. The number of thiocarbonyl (C=S) groups is 1. The SMILES string of the molecule is COc1cc(Br)cc(Nc2c(F)cc(C(N)=S)cc2F)c1. The number of halogens is 3. The minimum Gasteiger partial charge on any atom is -0.497 e. The number of nitrogens with one attached hydrogen (secondary N) is 1. The van der Waals surface area contributed by atoms with Gasteiger partial charge in [0.2, 0.25) is 0 Å². The normalized spacial score (nSPS) is 10.3. The quantitative estimate of drug-likeness (QED) is 0.792. The summed E-state index contributed by atoms with van der Waals surface area (Å²) in [6.45, 7) is 0. The zero-order valence-electron chi connectivity index (χ0n) is 10.9. The highest BCUT2D eigenvalue weighted by Crippen LogP contribution is 2.29. The first-order chi connectivity index (χ1) is 9.90. The van der Waals surface area contributed by atoms with Gasteiger partial charge in [-0.05, 0) is 24.3 Å². The molecule has 2 rings (SSSR count). The minimum absolute atomic E-state index is 0.0662. The van der Waals surface area contributed by atoms with Crippen LogP contribution in [0.2, 0.25) is 0 Å². The third-order valence-electron chi connectivity index (χ3n) is 2.70. The van der Waals surface area contributed by atoms with E-state index in [-0.39, 0.29) is 16.2 Å². The molecule has 0 aromatic heterocycles. The summed E-state index contributed by atoms with van der Waals surface area (Å²) in [6.07, 6.45) is 0. The van der Waals surface area contributed by atoms with Gasteiger partial charge in [0.25, 0.3) is 0 Å². The van der Waals surface area contributed by atoms with Crippen LogP contribution < -0.4 is 15.8 Å². The Kier molecular flexibility index (Phi) is 4.74. The monoisotopic (exact) mass is 372 g/mol. The highest BCUT2D eigenvalue weighted by atomic mass is 79.9. The zero-order valence-corrected chi connectivity index (χ0v) is 13.3. The van der Waals surface area contributed by atoms with Gasteiger partial charge in [0.15, 0.2) is 0 Å². The molecule has 0 aliphatic heterocycles. The molecule has 0 aliphatic carbocycles. The van der Waals surface area contributed by atoms with Crippen LogP contribution in [0.5, 0.6) is 5.75 Å². The molecule has 0 bridgehead atoms. The molecule has 0 aliphatic rings. The number of hydrogen-bond acceptors (Lipinski definition) is 3. The molecular weight excluding hydrogens is 362 g/mol. The van der Waals surface area contributed by atoms with Crippen LogP contribution in [0, 0.1) is 11.6 Å². The molecule has 0 heterocycles. The number of methoxy groups -OCH3 is 1. The number of nitrogens with two attached hydrogens (primary N) is 1. The predicted octanol–water partition coefficient (Wildman–Crippen LogP) is 4.11. The van der Waals surface area contributed by atoms with Crippen molar-refractivity contribution >= 4 is 44.5 Å². The number of hydrogen-bond donors (Lipinski definition) is 2. The van der Waals surface area contributed by atoms with Crippen LogP contribution >= 0.6 is 28.1 Å². The average Bonchev–Trinajstić information content (AvgIpc) is 2.41. The van der Waals surface area contributed by atoms with Crippen LogP contribution in [0.4, 0.5) is 20.2 Å². The Balaban J connectivity index is 2.40. The zero-order chi connectivity index (χ0) is 15.6. The first kappa shape index (κ1) is 15.7. The highest BCUT2D eigenvalue weighted by molar-refractivity contribution is 9.10. The Morgan fingerprint density at radius 3 is 2.33 bits per heavy atom. The van der Waals surface area contributed by atoms with Crippen molar-refractivity contribution in [2.75, 3.05) is 12.4 Å². The minimum atomic E-state index is -0.781. The van der Waals surface area contributed by atoms with Gasteiger partial charge < -0.3 is 15.8 Å². The molecule has 2 aromatic carbocycles. The van der Waals surface area contributed by atoms with Gasteiger partial charge in [0, 0.05) is 21.8 Å². The molecule has 0 saturated carbocycles. The lowest BCUT2D eigenvalue weighted by Gasteiger charge is -2.12. The Bertz CT molecular complexity index is 686. The van der Waals surface area contributed by atoms with Crippen molar-refractivity contribution in [1.82, 2.24) is 0 Å². The fraction of sp³-hybridized carbons (Fsp3) is 0.0714. The van der Waals surface area contributed by atoms with Crippen molar-refractivity contribution < 1.29 is 13.5 Å². The first-order valence-electron chi connectivity index (χ1n) is 5.81. The molecule has 0 saturated heterocycles. The van der Waals surface area contributed by atoms with Gasteiger partial charge in [-0.2, -0.15) is 0 Å². The standard InChI is InChI=1S/C14H11BrF2N2OS/c1-20-10-5-8(15)4-9(6-10)19-13-11(16)2-7(14(18)21)3-12(13)17/h2-6,19H,1H3,(H2,18,21). The molecule has 0 unspecified atom stereocenters. The third-order valence-corrected chi connectivity index (χ3v) is 3.40. The maximum Gasteiger partial charge on any atom is 0.150 e. The fourth-order valence-electron chi connectivity index (χ4n) is 1.73. The van der Waals surface area contributed by atoms with Gasteiger partial charge in [-0.3, -0.25) is 0 Å². The summed E-state index contributed by atoms with van der Waals surface area (Å²) in [6, 6.07) is 7.19. The number of benzene rings is 2. The van der Waals surface area contributed by atoms with Gasteiger partial charge >= 0.3 is 0 Å². The Morgan fingerprint density at radius 2 is 1.81 bits per heavy atom. The molecule has 2 aromatic rings. The van der Waals surface area contributed by atoms with Crippen molar-refractivity contribution in [3.63, 3.8) is 0 Å². The lowest BCUT2D eigenvalue weighted by atomic mass is 10.1. The summed E-state index contributed by atoms with van der Waals surface area (Å²) in [4.78, 5) is -0.0662. The van der Waals surface area contributed by atoms with Crippen molar-refractivity contribution in [2.24, 2.45) is 5.73 Å². The van der Waals surface area contributed by atoms with Crippen LogP contribution in [0.1, 0.15) is 5.56 Å². The van der Waals surface area contributed by atoms with Crippen molar-refractivity contribution in [1.29, 1.82) is 0 Å². The smallest absolute Gasteiger partial charge is 0.150 e. The molecular formula is C14H11BrF2N2OS. The van der Waals surface area contributed by atoms with Gasteiger partial charge in [0.1, 0.15) is 28.1 Å². The number of rotatable bonds is 4. The maximum atomic E-state index is 14.0. The van der Waals surface area contributed by atoms with E-state index in [0.717, 1.165) is 12.1 Å². The van der Waals surface area contributed by atoms with Gasteiger partial charge in [0.05, 0.1) is 7.11 Å². The van der Waals surface area contributed by atoms with E-state index < -0.39 is 11.6 Å². The Hall–Kier alpha value is -1.73. The summed E-state index contributed by atoms with van der Waals surface area (Å²) < 4.78 is 33.8. The summed E-state index contributed by atoms with van der Waals surface area (Å²) in [7, 11) is 1.50. The van der Waals surface area contributed by atoms with E-state index in [1.54, 1.807) is 18.2 Å². The van der Waals surface area contributed by atoms with Gasteiger partial charge in [-0.1, -0.05) is 28.1 Å². The van der Waals surface area contributed by atoms with Crippen LogP contribution in [0.3, 0.4) is 0 Å². The van der Waals surface area contributed by atoms with E-state index in [1.807, 2.05) is 0 Å². The van der Waals surface area contributed by atoms with Crippen molar-refractivity contribution in [3.8, 4) is 5.75 Å². The molecule has 0 fully saturated rings. The summed E-state index contributed by atoms with van der Waals surface area (Å²) in [5, 5.41) is 2.68. The van der Waals surface area contributed by atoms with Gasteiger partial charge in [-0.25, -0.2) is 8.78 Å². The summed E-state index contributed by atoms with van der Waals surface area (Å²) in [5.41, 5.74) is 5.70. The number of anilines is 2. The maximum absolute atomic E-state index is 14.0. The van der Waals surface area contributed by atoms with E-state index in [1.165, 1.54) is 7.11 Å². The average molecular weight is 373 g/mol. The van der Waals surface area contributed by atoms with E-state index in [2.05, 4.69) is 21.2 Å². The topological polar surface area (TPSA) is 47.3 Å². The van der Waals surface area contributed by atoms with Crippen LogP contribution in [-0.2, 0) is 0 Å². The molecule has 7 heteroatoms. The van der Waals surface area contributed by atoms with Crippen LogP contribution in [0.15, 0.2) is 34.8 Å². The molecule has 3 nitrogen and oxygen atoms in total. The van der Waals surface area contributed by atoms with Crippen molar-refractivity contribution in [2.45, 2.75) is 0 Å². The summed E-state index contributed by atoms with van der Waals surface area (Å²) >= 11 is 8.00. The second kappa shape index (κ2) is 6.36. The van der Waals surface area contributed by atoms with E-state index in [0.29, 0.717) is 15.9 Å². The fourth-order valence-corrected chi connectivity index (χ4v) is 2.32. The van der Waals surface area contributed by atoms with Crippen molar-refractivity contribution in [3.05, 3.63) is 52.0 Å². The highest BCUT2D eigenvalue weighted by Gasteiger charge is 2.13. The van der Waals surface area contributed by atoms with E-state index in [4.69, 9.17) is 22.7 Å². The second-order valence-corrected chi connectivity index (χ2v) is 5.54. The lowest BCUT2D eigenvalue weighted by Crippen LogP contribution is -2.11. The second-order valence-electron chi connectivity index (χ2n) is 4.18. The third kappa shape index (κ3) is 3.68. The number of ether oxygens (including phenoxy) is 1. The van der Waals surface area contributed by atoms with Crippen LogP contribution in [0.25, 0.3) is 0 Å². The molecule has 0 atom stereocenters. The molecule has 21 heavy (non-hydrogen) atoms. The van der Waals surface area contributed by atoms with E-state index >= 15 is 0 Å². The first-order valence-corrected chi connectivity index (χ1v) is 7.01. The Morgan fingerprint density at radius 1 is 1.19 bits per heavy atom. The molecule has 110 valence electrons. The predicted molar refractivity (Wildman–Crippen MR) is 86.2 cm³/mol.